The van der Waals surface area contributed by atoms with Crippen molar-refractivity contribution in [2.24, 2.45) is 0 Å². The van der Waals surface area contributed by atoms with Gasteiger partial charge in [0.15, 0.2) is 0 Å². The van der Waals surface area contributed by atoms with Crippen LogP contribution in [0, 0.1) is 46.5 Å². The van der Waals surface area contributed by atoms with Crippen LogP contribution in [0.15, 0.2) is 170 Å². The van der Waals surface area contributed by atoms with E-state index in [0.29, 0.717) is 45.0 Å². The number of hydrogen-bond acceptors (Lipinski definition) is 4. The molecule has 0 bridgehead atoms. The van der Waals surface area contributed by atoms with Gasteiger partial charge in [-0.3, -0.25) is 19.9 Å². The Balaban J connectivity index is 0.000000205. The maximum Gasteiger partial charge on any atom is 3.00 e. The van der Waals surface area contributed by atoms with Crippen molar-refractivity contribution in [3.63, 3.8) is 0 Å². The number of aromatic nitrogens is 4. The second-order valence-electron chi connectivity index (χ2n) is 11.4. The maximum absolute atomic E-state index is 13.3. The number of hydrogen-bond donors (Lipinski definition) is 0. The summed E-state index contributed by atoms with van der Waals surface area (Å²) in [6, 6.07) is 34.5. The van der Waals surface area contributed by atoms with E-state index in [0.717, 1.165) is 24.3 Å². The molecule has 4 aromatic heterocycles. The summed E-state index contributed by atoms with van der Waals surface area (Å²) in [6.07, 6.45) is 6.27. The summed E-state index contributed by atoms with van der Waals surface area (Å²) in [6.45, 7) is 0. The molecule has 4 aromatic carbocycles. The second kappa shape index (κ2) is 23.4. The number of pyridine rings is 4. The fourth-order valence-electron chi connectivity index (χ4n) is 4.88. The van der Waals surface area contributed by atoms with E-state index < -0.39 is 46.5 Å². The predicted octanol–water partition coefficient (Wildman–Crippen LogP) is 12.1. The maximum atomic E-state index is 13.3. The van der Waals surface area contributed by atoms with E-state index in [-0.39, 0.29) is 40.2 Å². The van der Waals surface area contributed by atoms with Crippen molar-refractivity contribution >= 4 is 0 Å². The van der Waals surface area contributed by atoms with Gasteiger partial charge in [0.25, 0.3) is 0 Å². The van der Waals surface area contributed by atoms with E-state index in [1.807, 2.05) is 0 Å². The molecule has 58 heavy (non-hydrogen) atoms. The Morgan fingerprint density at radius 3 is 0.621 bits per heavy atom. The molecule has 0 saturated carbocycles. The minimum absolute atomic E-state index is 0. The third-order valence-corrected chi connectivity index (χ3v) is 7.49. The van der Waals surface area contributed by atoms with Crippen LogP contribution in [-0.4, -0.2) is 19.9 Å². The van der Waals surface area contributed by atoms with E-state index in [4.69, 9.17) is 0 Å². The van der Waals surface area contributed by atoms with E-state index in [1.165, 1.54) is 48.5 Å². The zero-order valence-electron chi connectivity index (χ0n) is 29.6. The monoisotopic (exact) mass is 1150 g/mol. The number of benzene rings is 4. The Bertz CT molecular complexity index is 2120. The van der Waals surface area contributed by atoms with Gasteiger partial charge in [0.05, 0.1) is 22.8 Å². The van der Waals surface area contributed by atoms with Gasteiger partial charge in [0.1, 0.15) is 46.5 Å². The smallest absolute Gasteiger partial charge is 0.256 e. The molecule has 0 N–H and O–H groups in total. The summed E-state index contributed by atoms with van der Waals surface area (Å²) >= 11 is 0. The Labute approximate surface area is 355 Å². The normalized spacial score (nSPS) is 9.79. The average Bonchev–Trinajstić information content (AvgIpc) is 3.20. The van der Waals surface area contributed by atoms with Crippen LogP contribution in [0.3, 0.4) is 0 Å². The Morgan fingerprint density at radius 2 is 0.466 bits per heavy atom. The first-order chi connectivity index (χ1) is 27.1. The average molecular weight is 1150 g/mol. The van der Waals surface area contributed by atoms with Crippen LogP contribution in [0.25, 0.3) is 45.0 Å². The second-order valence-corrected chi connectivity index (χ2v) is 11.4. The molecule has 4 nitrogen and oxygen atoms in total. The molecule has 0 radical (unpaired) electrons. The Morgan fingerprint density at radius 1 is 0.259 bits per heavy atom. The van der Waals surface area contributed by atoms with Crippen molar-refractivity contribution in [2.75, 3.05) is 0 Å². The first kappa shape index (κ1) is 46.6. The van der Waals surface area contributed by atoms with Crippen LogP contribution in [0.4, 0.5) is 35.1 Å². The Kier molecular flexibility index (Phi) is 18.8. The number of nitrogens with zero attached hydrogens (tertiary/aromatic N) is 4. The van der Waals surface area contributed by atoms with Gasteiger partial charge >= 0.3 is 40.2 Å². The van der Waals surface area contributed by atoms with E-state index in [9.17, 15) is 35.1 Å². The van der Waals surface area contributed by atoms with Crippen LogP contribution >= 0.6 is 0 Å². The summed E-state index contributed by atoms with van der Waals surface area (Å²) < 4.78 is 103. The minimum atomic E-state index is -0.594. The molecule has 8 rings (SSSR count). The summed E-state index contributed by atoms with van der Waals surface area (Å²) in [5, 5.41) is 0. The molecule has 0 atom stereocenters. The molecule has 0 unspecified atom stereocenters. The molecule has 0 aliphatic carbocycles. The van der Waals surface area contributed by atoms with E-state index in [2.05, 4.69) is 19.9 Å². The molecular weight excluding hydrogens is 1120 g/mol. The zero-order valence-corrected chi connectivity index (χ0v) is 34.4. The molecule has 4 heterocycles. The molecule has 0 saturated heterocycles. The van der Waals surface area contributed by atoms with Gasteiger partial charge in [-0.1, -0.05) is 24.3 Å². The quantitative estimate of drug-likeness (QED) is 0.165. The van der Waals surface area contributed by atoms with Crippen molar-refractivity contribution in [3.8, 4) is 45.0 Å². The van der Waals surface area contributed by atoms with Gasteiger partial charge in [0, 0.05) is 71.3 Å². The van der Waals surface area contributed by atoms with Gasteiger partial charge in [-0.05, 0) is 97.1 Å². The van der Waals surface area contributed by atoms with Crippen LogP contribution in [0.1, 0.15) is 0 Å². The van der Waals surface area contributed by atoms with Gasteiger partial charge in [0.2, 0.25) is 0 Å². The van der Waals surface area contributed by atoms with Crippen LogP contribution < -0.4 is 0 Å². The molecule has 292 valence electrons. The van der Waals surface area contributed by atoms with Crippen molar-refractivity contribution in [1.29, 1.82) is 0 Å². The third kappa shape index (κ3) is 13.7. The number of rotatable bonds is 4. The third-order valence-electron chi connectivity index (χ3n) is 7.49. The molecule has 0 fully saturated rings. The molecule has 14 heteroatoms. The van der Waals surface area contributed by atoms with Crippen LogP contribution in [0.2, 0.25) is 0 Å². The molecular formula is C44H28F8Ir2N4+6. The summed E-state index contributed by atoms with van der Waals surface area (Å²) in [5.74, 6) is -4.70. The molecule has 0 spiro atoms. The van der Waals surface area contributed by atoms with Crippen molar-refractivity contribution < 1.29 is 75.3 Å². The zero-order chi connectivity index (χ0) is 39.9. The van der Waals surface area contributed by atoms with Crippen molar-refractivity contribution in [1.82, 2.24) is 19.9 Å². The van der Waals surface area contributed by atoms with Crippen molar-refractivity contribution in [3.05, 3.63) is 217 Å². The molecule has 0 aliphatic heterocycles. The summed E-state index contributed by atoms with van der Waals surface area (Å²) in [7, 11) is 0. The van der Waals surface area contributed by atoms with Gasteiger partial charge in [-0.15, -0.1) is 0 Å². The fraction of sp³-hybridized carbons (Fsp3) is 0. The summed E-state index contributed by atoms with van der Waals surface area (Å²) in [4.78, 5) is 15.9. The van der Waals surface area contributed by atoms with Crippen LogP contribution in [0.5, 0.6) is 0 Å². The number of halogens is 8. The first-order valence-electron chi connectivity index (χ1n) is 16.5. The molecule has 0 aliphatic rings. The topological polar surface area (TPSA) is 51.6 Å². The van der Waals surface area contributed by atoms with Crippen molar-refractivity contribution in [2.45, 2.75) is 0 Å². The van der Waals surface area contributed by atoms with Gasteiger partial charge in [-0.25, -0.2) is 35.1 Å². The fourth-order valence-corrected chi connectivity index (χ4v) is 4.88. The molecule has 0 amide bonds. The molecule has 8 aromatic rings. The van der Waals surface area contributed by atoms with E-state index in [1.54, 1.807) is 97.6 Å². The van der Waals surface area contributed by atoms with Crippen LogP contribution in [-0.2, 0) is 40.2 Å². The standard InChI is InChI=1S/4C11H7F2N.2Ir/c4*12-8-4-5-9(10(13)7-8)11-3-1-2-6-14-11;;/h4*1-7H;;/q;;;;2*+3. The predicted molar refractivity (Wildman–Crippen MR) is 198 cm³/mol. The minimum Gasteiger partial charge on any atom is -0.256 e. The first-order valence-corrected chi connectivity index (χ1v) is 16.5. The van der Waals surface area contributed by atoms with Gasteiger partial charge in [-0.2, -0.15) is 0 Å². The largest absolute Gasteiger partial charge is 3.00 e. The SMILES string of the molecule is Fc1ccc(-c2ccccn2)c(F)c1.Fc1ccc(-c2ccccn2)c(F)c1.Fc1ccc(-c2ccccn2)c(F)c1.Fc1ccc(-c2ccccn2)c(F)c1.[Ir+3].[Ir+3]. The van der Waals surface area contributed by atoms with Gasteiger partial charge < -0.3 is 0 Å². The Hall–Kier alpha value is -5.78. The van der Waals surface area contributed by atoms with E-state index >= 15 is 0 Å². The summed E-state index contributed by atoms with van der Waals surface area (Å²) in [5.41, 5.74) is 3.27.